The molecule has 0 spiro atoms. The molecule has 0 unspecified atom stereocenters. The summed E-state index contributed by atoms with van der Waals surface area (Å²) < 4.78 is 4.80. The summed E-state index contributed by atoms with van der Waals surface area (Å²) in [7, 11) is 0. The van der Waals surface area contributed by atoms with Crippen molar-refractivity contribution in [1.82, 2.24) is 10.2 Å². The van der Waals surface area contributed by atoms with Gasteiger partial charge in [-0.3, -0.25) is 9.69 Å². The van der Waals surface area contributed by atoms with Gasteiger partial charge in [-0.25, -0.2) is 4.79 Å². The van der Waals surface area contributed by atoms with Gasteiger partial charge in [-0.15, -0.1) is 0 Å². The molecule has 0 saturated carbocycles. The van der Waals surface area contributed by atoms with Gasteiger partial charge in [-0.1, -0.05) is 6.08 Å². The molecule has 5 heteroatoms. The molecule has 1 fully saturated rings. The van der Waals surface area contributed by atoms with Crippen LogP contribution >= 0.6 is 0 Å². The lowest BCUT2D eigenvalue weighted by molar-refractivity contribution is -0.137. The van der Waals surface area contributed by atoms with Crippen LogP contribution in [-0.4, -0.2) is 49.1 Å². The fourth-order valence-electron chi connectivity index (χ4n) is 2.04. The number of ether oxygens (including phenoxy) is 1. The first kappa shape index (κ1) is 14.7. The normalized spacial score (nSPS) is 17.9. The average molecular weight is 254 g/mol. The molecule has 5 nitrogen and oxygen atoms in total. The Morgan fingerprint density at radius 3 is 2.61 bits per heavy atom. The minimum atomic E-state index is -0.286. The Balaban J connectivity index is 2.19. The number of rotatable bonds is 5. The molecule has 1 N–H and O–H groups in total. The van der Waals surface area contributed by atoms with Crippen molar-refractivity contribution < 1.29 is 14.3 Å². The molecule has 0 aromatic heterocycles. The number of likely N-dealkylation sites (tertiary alicyclic amines) is 1. The van der Waals surface area contributed by atoms with Crippen molar-refractivity contribution in [1.29, 1.82) is 0 Å². The van der Waals surface area contributed by atoms with E-state index in [1.165, 1.54) is 6.08 Å². The lowest BCUT2D eigenvalue weighted by atomic mass is 10.1. The minimum absolute atomic E-state index is 0.0376. The van der Waals surface area contributed by atoms with Crippen LogP contribution in [0.5, 0.6) is 0 Å². The van der Waals surface area contributed by atoms with Gasteiger partial charge in [0.05, 0.1) is 6.61 Å². The fraction of sp³-hybridized carbons (Fsp3) is 0.692. The van der Waals surface area contributed by atoms with Crippen molar-refractivity contribution in [3.05, 3.63) is 12.2 Å². The summed E-state index contributed by atoms with van der Waals surface area (Å²) in [4.78, 5) is 24.3. The van der Waals surface area contributed by atoms with Gasteiger partial charge in [0.2, 0.25) is 5.91 Å². The van der Waals surface area contributed by atoms with E-state index in [1.54, 1.807) is 13.8 Å². The Hall–Kier alpha value is -1.36. The van der Waals surface area contributed by atoms with E-state index in [2.05, 4.69) is 10.2 Å². The highest BCUT2D eigenvalue weighted by atomic mass is 16.5. The molecule has 0 bridgehead atoms. The highest BCUT2D eigenvalue weighted by Gasteiger charge is 2.18. The van der Waals surface area contributed by atoms with Crippen LogP contribution in [0.15, 0.2) is 12.2 Å². The summed E-state index contributed by atoms with van der Waals surface area (Å²) in [5.74, 6) is -0.249. The number of nitrogens with zero attached hydrogens (tertiary/aromatic N) is 1. The van der Waals surface area contributed by atoms with E-state index in [9.17, 15) is 9.59 Å². The van der Waals surface area contributed by atoms with Crippen molar-refractivity contribution in [3.63, 3.8) is 0 Å². The third-order valence-corrected chi connectivity index (χ3v) is 2.90. The standard InChI is InChI=1S/C13H22N2O3/c1-3-18-13(17)5-4-8-15-9-6-12(7-10-15)14-11(2)16/h4-5,12H,3,6-10H2,1-2H3,(H,14,16)/b5-4+. The van der Waals surface area contributed by atoms with Gasteiger partial charge < -0.3 is 10.1 Å². The molecular weight excluding hydrogens is 232 g/mol. The van der Waals surface area contributed by atoms with Crippen molar-refractivity contribution in [2.75, 3.05) is 26.2 Å². The smallest absolute Gasteiger partial charge is 0.330 e. The summed E-state index contributed by atoms with van der Waals surface area (Å²) in [6.45, 7) is 6.39. The Morgan fingerprint density at radius 1 is 1.39 bits per heavy atom. The number of amides is 1. The maximum atomic E-state index is 11.1. The van der Waals surface area contributed by atoms with Crippen LogP contribution in [-0.2, 0) is 14.3 Å². The molecule has 1 rings (SSSR count). The molecule has 1 aliphatic heterocycles. The van der Waals surface area contributed by atoms with E-state index in [4.69, 9.17) is 4.74 Å². The van der Waals surface area contributed by atoms with E-state index in [0.29, 0.717) is 12.6 Å². The van der Waals surface area contributed by atoms with E-state index in [-0.39, 0.29) is 11.9 Å². The van der Waals surface area contributed by atoms with E-state index >= 15 is 0 Å². The van der Waals surface area contributed by atoms with E-state index < -0.39 is 0 Å². The second kappa shape index (κ2) is 7.87. The molecule has 1 saturated heterocycles. The molecule has 0 atom stereocenters. The second-order valence-corrected chi connectivity index (χ2v) is 4.43. The lowest BCUT2D eigenvalue weighted by Crippen LogP contribution is -2.43. The van der Waals surface area contributed by atoms with E-state index in [0.717, 1.165) is 32.5 Å². The predicted molar refractivity (Wildman–Crippen MR) is 69.1 cm³/mol. The summed E-state index contributed by atoms with van der Waals surface area (Å²) in [6.07, 6.45) is 5.24. The fourth-order valence-corrected chi connectivity index (χ4v) is 2.04. The second-order valence-electron chi connectivity index (χ2n) is 4.43. The Kier molecular flexibility index (Phi) is 6.43. The van der Waals surface area contributed by atoms with Crippen LogP contribution in [0.2, 0.25) is 0 Å². The summed E-state index contributed by atoms with van der Waals surface area (Å²) in [5.41, 5.74) is 0. The van der Waals surface area contributed by atoms with Crippen molar-refractivity contribution >= 4 is 11.9 Å². The molecule has 0 aliphatic carbocycles. The lowest BCUT2D eigenvalue weighted by Gasteiger charge is -2.31. The topological polar surface area (TPSA) is 58.6 Å². The third-order valence-electron chi connectivity index (χ3n) is 2.90. The number of hydrogen-bond acceptors (Lipinski definition) is 4. The van der Waals surface area contributed by atoms with Gasteiger partial charge in [0.1, 0.15) is 0 Å². The first-order valence-corrected chi connectivity index (χ1v) is 6.44. The quantitative estimate of drug-likeness (QED) is 0.580. The van der Waals surface area contributed by atoms with Gasteiger partial charge in [0, 0.05) is 38.7 Å². The summed E-state index contributed by atoms with van der Waals surface area (Å²) in [5, 5.41) is 2.94. The Labute approximate surface area is 108 Å². The van der Waals surface area contributed by atoms with E-state index in [1.807, 2.05) is 6.08 Å². The van der Waals surface area contributed by atoms with Crippen LogP contribution in [0, 0.1) is 0 Å². The van der Waals surface area contributed by atoms with Crippen LogP contribution in [0.25, 0.3) is 0 Å². The maximum Gasteiger partial charge on any atom is 0.330 e. The number of piperidine rings is 1. The summed E-state index contributed by atoms with van der Waals surface area (Å²) in [6, 6.07) is 0.299. The summed E-state index contributed by atoms with van der Waals surface area (Å²) >= 11 is 0. The van der Waals surface area contributed by atoms with Gasteiger partial charge in [0.15, 0.2) is 0 Å². The zero-order valence-electron chi connectivity index (χ0n) is 11.1. The number of carbonyl (C=O) groups excluding carboxylic acids is 2. The third kappa shape index (κ3) is 5.82. The van der Waals surface area contributed by atoms with Crippen molar-refractivity contribution in [2.45, 2.75) is 32.7 Å². The predicted octanol–water partition coefficient (Wildman–Crippen LogP) is 0.706. The molecule has 1 amide bonds. The van der Waals surface area contributed by atoms with Crippen molar-refractivity contribution in [3.8, 4) is 0 Å². The number of hydrogen-bond donors (Lipinski definition) is 1. The number of esters is 1. The van der Waals surface area contributed by atoms with Gasteiger partial charge in [-0.2, -0.15) is 0 Å². The number of carbonyl (C=O) groups is 2. The highest BCUT2D eigenvalue weighted by molar-refractivity contribution is 5.81. The number of nitrogens with one attached hydrogen (secondary N) is 1. The maximum absolute atomic E-state index is 11.1. The largest absolute Gasteiger partial charge is 0.463 e. The molecule has 102 valence electrons. The molecule has 1 aliphatic rings. The van der Waals surface area contributed by atoms with Gasteiger partial charge in [-0.05, 0) is 19.8 Å². The monoisotopic (exact) mass is 254 g/mol. The van der Waals surface area contributed by atoms with Gasteiger partial charge in [0.25, 0.3) is 0 Å². The molecule has 0 aromatic rings. The SMILES string of the molecule is CCOC(=O)/C=C/CN1CCC(NC(C)=O)CC1. The molecule has 0 radical (unpaired) electrons. The Morgan fingerprint density at radius 2 is 2.06 bits per heavy atom. The van der Waals surface area contributed by atoms with Crippen LogP contribution in [0.3, 0.4) is 0 Å². The first-order valence-electron chi connectivity index (χ1n) is 6.44. The van der Waals surface area contributed by atoms with Gasteiger partial charge >= 0.3 is 5.97 Å². The zero-order chi connectivity index (χ0) is 13.4. The average Bonchev–Trinajstić information content (AvgIpc) is 2.31. The van der Waals surface area contributed by atoms with Crippen LogP contribution < -0.4 is 5.32 Å². The van der Waals surface area contributed by atoms with Crippen molar-refractivity contribution in [2.24, 2.45) is 0 Å². The zero-order valence-corrected chi connectivity index (χ0v) is 11.1. The minimum Gasteiger partial charge on any atom is -0.463 e. The molecule has 1 heterocycles. The molecule has 18 heavy (non-hydrogen) atoms. The van der Waals surface area contributed by atoms with Crippen LogP contribution in [0.4, 0.5) is 0 Å². The molecule has 0 aromatic carbocycles. The first-order chi connectivity index (χ1) is 8.61. The van der Waals surface area contributed by atoms with Crippen LogP contribution in [0.1, 0.15) is 26.7 Å². The Bertz CT molecular complexity index is 307. The highest BCUT2D eigenvalue weighted by Crippen LogP contribution is 2.09. The molecular formula is C13H22N2O3.